The fraction of sp³-hybridized carbons (Fsp3) is 0.500. The van der Waals surface area contributed by atoms with Gasteiger partial charge in [-0.05, 0) is 13.0 Å². The van der Waals surface area contributed by atoms with E-state index in [0.717, 1.165) is 11.3 Å². The molecule has 0 heterocycles. The number of hydrogen-bond acceptors (Lipinski definition) is 4. The highest BCUT2D eigenvalue weighted by molar-refractivity contribution is 5.71. The number of nitrogens with two attached hydrogens (primary N) is 1. The summed E-state index contributed by atoms with van der Waals surface area (Å²) < 4.78 is 10.3. The van der Waals surface area contributed by atoms with E-state index in [1.165, 1.54) is 0 Å². The molecule has 0 aliphatic heterocycles. The maximum Gasteiger partial charge on any atom is 0.306 e. The zero-order chi connectivity index (χ0) is 13.6. The molecule has 0 saturated carbocycles. The van der Waals surface area contributed by atoms with E-state index >= 15 is 0 Å². The third kappa shape index (κ3) is 3.23. The summed E-state index contributed by atoms with van der Waals surface area (Å²) in [5, 5.41) is 0. The molecular weight excluding hydrogens is 230 g/mol. The highest BCUT2D eigenvalue weighted by Gasteiger charge is 2.31. The largest absolute Gasteiger partial charge is 0.496 e. The predicted octanol–water partition coefficient (Wildman–Crippen LogP) is 1.86. The molecule has 0 radical (unpaired) electrons. The van der Waals surface area contributed by atoms with Crippen LogP contribution in [0.5, 0.6) is 5.75 Å². The fourth-order valence-corrected chi connectivity index (χ4v) is 1.95. The Labute approximate surface area is 108 Å². The molecule has 1 aromatic rings. The van der Waals surface area contributed by atoms with E-state index in [0.29, 0.717) is 13.2 Å². The van der Waals surface area contributed by atoms with Crippen LogP contribution in [0.1, 0.15) is 25.8 Å². The predicted molar refractivity (Wildman–Crippen MR) is 70.7 cm³/mol. The van der Waals surface area contributed by atoms with Crippen LogP contribution in [0.4, 0.5) is 0 Å². The molecule has 0 bridgehead atoms. The van der Waals surface area contributed by atoms with Gasteiger partial charge in [-0.1, -0.05) is 25.1 Å². The molecule has 0 spiro atoms. The summed E-state index contributed by atoms with van der Waals surface area (Å²) >= 11 is 0. The Kier molecular flexibility index (Phi) is 5.16. The van der Waals surface area contributed by atoms with Crippen LogP contribution in [0.2, 0.25) is 0 Å². The molecule has 100 valence electrons. The van der Waals surface area contributed by atoms with Gasteiger partial charge in [-0.15, -0.1) is 0 Å². The third-order valence-electron chi connectivity index (χ3n) is 3.05. The fourth-order valence-electron chi connectivity index (χ4n) is 1.95. The van der Waals surface area contributed by atoms with Crippen molar-refractivity contribution >= 4 is 5.97 Å². The number of methoxy groups -OCH3 is 1. The second kappa shape index (κ2) is 6.40. The van der Waals surface area contributed by atoms with Crippen LogP contribution < -0.4 is 10.5 Å². The topological polar surface area (TPSA) is 61.5 Å². The first-order valence-corrected chi connectivity index (χ1v) is 6.06. The summed E-state index contributed by atoms with van der Waals surface area (Å²) in [7, 11) is 1.61. The van der Waals surface area contributed by atoms with E-state index in [1.807, 2.05) is 31.2 Å². The average Bonchev–Trinajstić information content (AvgIpc) is 2.38. The maximum absolute atomic E-state index is 11.7. The van der Waals surface area contributed by atoms with Crippen molar-refractivity contribution in [2.45, 2.75) is 25.7 Å². The van der Waals surface area contributed by atoms with Crippen LogP contribution in [0.25, 0.3) is 0 Å². The van der Waals surface area contributed by atoms with E-state index < -0.39 is 5.41 Å². The van der Waals surface area contributed by atoms with Gasteiger partial charge in [0.25, 0.3) is 0 Å². The quantitative estimate of drug-likeness (QED) is 0.784. The van der Waals surface area contributed by atoms with Gasteiger partial charge >= 0.3 is 5.97 Å². The lowest BCUT2D eigenvalue weighted by molar-refractivity contribution is -0.144. The number of ether oxygens (including phenoxy) is 2. The van der Waals surface area contributed by atoms with Gasteiger partial charge in [-0.2, -0.15) is 0 Å². The Bertz CT molecular complexity index is 406. The van der Waals surface area contributed by atoms with Gasteiger partial charge in [-0.25, -0.2) is 0 Å². The Morgan fingerprint density at radius 2 is 2.06 bits per heavy atom. The molecule has 1 aromatic carbocycles. The number of para-hydroxylation sites is 1. The van der Waals surface area contributed by atoms with E-state index in [4.69, 9.17) is 15.2 Å². The van der Waals surface area contributed by atoms with Crippen LogP contribution in [0.15, 0.2) is 24.3 Å². The standard InChI is InChI=1S/C14H21NO3/c1-4-18-13(16)9-14(2,10-15)11-7-5-6-8-12(11)17-3/h5-8H,4,9-10,15H2,1-3H3. The van der Waals surface area contributed by atoms with Crippen molar-refractivity contribution in [3.8, 4) is 5.75 Å². The van der Waals surface area contributed by atoms with Crippen molar-refractivity contribution in [2.75, 3.05) is 20.3 Å². The van der Waals surface area contributed by atoms with Crippen LogP contribution in [-0.4, -0.2) is 26.2 Å². The lowest BCUT2D eigenvalue weighted by Crippen LogP contribution is -2.35. The van der Waals surface area contributed by atoms with Crippen molar-refractivity contribution in [3.05, 3.63) is 29.8 Å². The SMILES string of the molecule is CCOC(=O)CC(C)(CN)c1ccccc1OC. The van der Waals surface area contributed by atoms with Crippen molar-refractivity contribution < 1.29 is 14.3 Å². The van der Waals surface area contributed by atoms with Crippen molar-refractivity contribution in [1.82, 2.24) is 0 Å². The van der Waals surface area contributed by atoms with E-state index in [1.54, 1.807) is 14.0 Å². The first kappa shape index (κ1) is 14.5. The molecule has 0 fully saturated rings. The third-order valence-corrected chi connectivity index (χ3v) is 3.05. The minimum absolute atomic E-state index is 0.239. The second-order valence-corrected chi connectivity index (χ2v) is 4.45. The molecule has 0 amide bonds. The molecule has 1 atom stereocenters. The van der Waals surface area contributed by atoms with Gasteiger partial charge in [0.15, 0.2) is 0 Å². The van der Waals surface area contributed by atoms with E-state index in [-0.39, 0.29) is 12.4 Å². The first-order chi connectivity index (χ1) is 8.57. The number of rotatable bonds is 6. The van der Waals surface area contributed by atoms with Crippen molar-refractivity contribution in [1.29, 1.82) is 0 Å². The van der Waals surface area contributed by atoms with E-state index in [9.17, 15) is 4.79 Å². The van der Waals surface area contributed by atoms with Gasteiger partial charge in [-0.3, -0.25) is 4.79 Å². The molecule has 0 aliphatic rings. The van der Waals surface area contributed by atoms with Gasteiger partial charge in [0.2, 0.25) is 0 Å². The molecule has 0 aromatic heterocycles. The normalized spacial score (nSPS) is 13.8. The lowest BCUT2D eigenvalue weighted by atomic mass is 9.79. The lowest BCUT2D eigenvalue weighted by Gasteiger charge is -2.29. The van der Waals surface area contributed by atoms with E-state index in [2.05, 4.69) is 0 Å². The molecule has 0 saturated heterocycles. The van der Waals surface area contributed by atoms with Gasteiger partial charge in [0.1, 0.15) is 5.75 Å². The van der Waals surface area contributed by atoms with Gasteiger partial charge in [0, 0.05) is 17.5 Å². The first-order valence-electron chi connectivity index (χ1n) is 6.06. The monoisotopic (exact) mass is 251 g/mol. The summed E-state index contributed by atoms with van der Waals surface area (Å²) in [5.41, 5.74) is 6.30. The smallest absolute Gasteiger partial charge is 0.306 e. The summed E-state index contributed by atoms with van der Waals surface area (Å²) in [5.74, 6) is 0.506. The highest BCUT2D eigenvalue weighted by atomic mass is 16.5. The summed E-state index contributed by atoms with van der Waals surface area (Å²) in [6.07, 6.45) is 0.248. The summed E-state index contributed by atoms with van der Waals surface area (Å²) in [6.45, 7) is 4.47. The Balaban J connectivity index is 3.02. The summed E-state index contributed by atoms with van der Waals surface area (Å²) in [6, 6.07) is 7.61. The molecule has 1 rings (SSSR count). The molecule has 4 nitrogen and oxygen atoms in total. The van der Waals surface area contributed by atoms with Gasteiger partial charge < -0.3 is 15.2 Å². The number of benzene rings is 1. The minimum Gasteiger partial charge on any atom is -0.496 e. The van der Waals surface area contributed by atoms with Crippen LogP contribution in [0, 0.1) is 0 Å². The Morgan fingerprint density at radius 3 is 2.61 bits per heavy atom. The average molecular weight is 251 g/mol. The van der Waals surface area contributed by atoms with Crippen LogP contribution in [-0.2, 0) is 14.9 Å². The number of hydrogen-bond donors (Lipinski definition) is 1. The van der Waals surface area contributed by atoms with Crippen molar-refractivity contribution in [2.24, 2.45) is 5.73 Å². The number of carbonyl (C=O) groups excluding carboxylic acids is 1. The molecule has 18 heavy (non-hydrogen) atoms. The molecular formula is C14H21NO3. The zero-order valence-electron chi connectivity index (χ0n) is 11.2. The minimum atomic E-state index is -0.473. The number of carbonyl (C=O) groups is 1. The molecule has 4 heteroatoms. The Hall–Kier alpha value is -1.55. The summed E-state index contributed by atoms with van der Waals surface area (Å²) in [4.78, 5) is 11.7. The Morgan fingerprint density at radius 1 is 1.39 bits per heavy atom. The molecule has 1 unspecified atom stereocenters. The van der Waals surface area contributed by atoms with Crippen LogP contribution in [0.3, 0.4) is 0 Å². The number of esters is 1. The second-order valence-electron chi connectivity index (χ2n) is 4.45. The molecule has 2 N–H and O–H groups in total. The highest BCUT2D eigenvalue weighted by Crippen LogP contribution is 2.33. The molecule has 0 aliphatic carbocycles. The zero-order valence-corrected chi connectivity index (χ0v) is 11.2. The van der Waals surface area contributed by atoms with Crippen molar-refractivity contribution in [3.63, 3.8) is 0 Å². The maximum atomic E-state index is 11.7. The van der Waals surface area contributed by atoms with Gasteiger partial charge in [0.05, 0.1) is 20.1 Å². The van der Waals surface area contributed by atoms with Crippen LogP contribution >= 0.6 is 0 Å².